The Morgan fingerprint density at radius 1 is 1.02 bits per heavy atom. The Labute approximate surface area is 293 Å². The van der Waals surface area contributed by atoms with Gasteiger partial charge >= 0.3 is 12.2 Å². The van der Waals surface area contributed by atoms with Gasteiger partial charge in [0.15, 0.2) is 5.69 Å². The number of aromatic nitrogens is 2. The van der Waals surface area contributed by atoms with Gasteiger partial charge in [-0.15, -0.1) is 0 Å². The average molecular weight is 688 g/mol. The molecule has 3 aromatic rings. The molecule has 268 valence electrons. The van der Waals surface area contributed by atoms with Crippen LogP contribution in [0, 0.1) is 0 Å². The number of aliphatic hydroxyl groups is 1. The van der Waals surface area contributed by atoms with Crippen LogP contribution in [0.5, 0.6) is 0 Å². The van der Waals surface area contributed by atoms with Crippen LogP contribution in [0.1, 0.15) is 68.5 Å². The van der Waals surface area contributed by atoms with E-state index in [1.807, 2.05) is 90.9 Å². The second kappa shape index (κ2) is 15.2. The molecule has 12 nitrogen and oxygen atoms in total. The highest BCUT2D eigenvalue weighted by molar-refractivity contribution is 5.98. The third-order valence-electron chi connectivity index (χ3n) is 9.75. The first-order valence-corrected chi connectivity index (χ1v) is 17.7. The second-order valence-electron chi connectivity index (χ2n) is 14.5. The molecular weight excluding hydrogens is 638 g/mol. The molecule has 1 aromatic heterocycles. The van der Waals surface area contributed by atoms with E-state index in [2.05, 4.69) is 0 Å². The van der Waals surface area contributed by atoms with Gasteiger partial charge in [0, 0.05) is 31.7 Å². The number of carbonyl (C=O) groups excluding carboxylic acids is 3. The van der Waals surface area contributed by atoms with Gasteiger partial charge in [-0.25, -0.2) is 14.6 Å². The van der Waals surface area contributed by atoms with E-state index in [9.17, 15) is 19.5 Å². The SMILES string of the molecule is CC(C)(C)OC(=O)N1CCN(C(=O)c2ncn(C3CCCCC3(O)COCCN3CCOC3=O)c2-c2ccccc2)[C@H](Cc2ccccc2)C1. The maximum atomic E-state index is 14.7. The molecular formula is C38H49N5O7. The third-order valence-corrected chi connectivity index (χ3v) is 9.75. The van der Waals surface area contributed by atoms with Gasteiger partial charge in [-0.05, 0) is 45.6 Å². The van der Waals surface area contributed by atoms with Crippen molar-refractivity contribution in [2.45, 2.75) is 76.2 Å². The number of rotatable bonds is 10. The summed E-state index contributed by atoms with van der Waals surface area (Å²) >= 11 is 0. The van der Waals surface area contributed by atoms with E-state index in [0.29, 0.717) is 70.0 Å². The van der Waals surface area contributed by atoms with Crippen molar-refractivity contribution in [3.05, 3.63) is 78.2 Å². The first kappa shape index (κ1) is 35.4. The van der Waals surface area contributed by atoms with Crippen molar-refractivity contribution in [1.29, 1.82) is 0 Å². The molecule has 12 heteroatoms. The van der Waals surface area contributed by atoms with Crippen molar-refractivity contribution >= 4 is 18.1 Å². The maximum absolute atomic E-state index is 14.7. The molecule has 3 heterocycles. The smallest absolute Gasteiger partial charge is 0.410 e. The van der Waals surface area contributed by atoms with Crippen LogP contribution < -0.4 is 0 Å². The highest BCUT2D eigenvalue weighted by atomic mass is 16.6. The average Bonchev–Trinajstić information content (AvgIpc) is 3.73. The number of benzene rings is 2. The Morgan fingerprint density at radius 3 is 2.46 bits per heavy atom. The molecule has 2 unspecified atom stereocenters. The first-order valence-electron chi connectivity index (χ1n) is 17.7. The van der Waals surface area contributed by atoms with E-state index in [4.69, 9.17) is 19.2 Å². The zero-order valence-corrected chi connectivity index (χ0v) is 29.3. The predicted octanol–water partition coefficient (Wildman–Crippen LogP) is 5.17. The maximum Gasteiger partial charge on any atom is 0.410 e. The number of hydrogen-bond acceptors (Lipinski definition) is 8. The summed E-state index contributed by atoms with van der Waals surface area (Å²) in [7, 11) is 0. The van der Waals surface area contributed by atoms with E-state index in [1.54, 1.807) is 16.1 Å². The van der Waals surface area contributed by atoms with E-state index in [-0.39, 0.29) is 37.3 Å². The number of piperazine rings is 1. The Balaban J connectivity index is 1.28. The molecule has 3 aliphatic rings. The predicted molar refractivity (Wildman–Crippen MR) is 187 cm³/mol. The van der Waals surface area contributed by atoms with Crippen molar-refractivity contribution < 1.29 is 33.7 Å². The minimum absolute atomic E-state index is 0.0853. The zero-order chi connectivity index (χ0) is 35.3. The Morgan fingerprint density at radius 2 is 1.76 bits per heavy atom. The molecule has 50 heavy (non-hydrogen) atoms. The molecule has 0 radical (unpaired) electrons. The fraction of sp³-hybridized carbons (Fsp3) is 0.526. The number of cyclic esters (lactones) is 1. The van der Waals surface area contributed by atoms with E-state index in [0.717, 1.165) is 24.0 Å². The molecule has 3 amide bonds. The number of ether oxygens (including phenoxy) is 3. The van der Waals surface area contributed by atoms with Gasteiger partial charge in [0.1, 0.15) is 17.8 Å². The van der Waals surface area contributed by atoms with Crippen molar-refractivity contribution in [2.75, 3.05) is 52.5 Å². The Bertz CT molecular complexity index is 1630. The van der Waals surface area contributed by atoms with Gasteiger partial charge in [-0.1, -0.05) is 73.5 Å². The molecule has 0 bridgehead atoms. The summed E-state index contributed by atoms with van der Waals surface area (Å²) in [6.45, 7) is 8.19. The summed E-state index contributed by atoms with van der Waals surface area (Å²) in [5.41, 5.74) is 0.994. The lowest BCUT2D eigenvalue weighted by Crippen LogP contribution is -2.58. The summed E-state index contributed by atoms with van der Waals surface area (Å²) < 4.78 is 18.7. The molecule has 1 saturated carbocycles. The fourth-order valence-electron chi connectivity index (χ4n) is 7.27. The summed E-state index contributed by atoms with van der Waals surface area (Å²) in [5.74, 6) is -0.222. The molecule has 2 aromatic carbocycles. The number of imidazole rings is 1. The zero-order valence-electron chi connectivity index (χ0n) is 29.3. The Hall–Kier alpha value is -4.42. The number of amides is 3. The van der Waals surface area contributed by atoms with Crippen LogP contribution in [0.15, 0.2) is 67.0 Å². The molecule has 3 atom stereocenters. The van der Waals surface area contributed by atoms with Gasteiger partial charge in [-0.2, -0.15) is 0 Å². The second-order valence-corrected chi connectivity index (χ2v) is 14.5. The Kier molecular flexibility index (Phi) is 10.8. The van der Waals surface area contributed by atoms with E-state index >= 15 is 0 Å². The van der Waals surface area contributed by atoms with Crippen LogP contribution in [-0.4, -0.2) is 117 Å². The molecule has 3 fully saturated rings. The highest BCUT2D eigenvalue weighted by Gasteiger charge is 2.43. The molecule has 1 aliphatic carbocycles. The van der Waals surface area contributed by atoms with E-state index < -0.39 is 17.3 Å². The lowest BCUT2D eigenvalue weighted by atomic mass is 9.80. The lowest BCUT2D eigenvalue weighted by molar-refractivity contribution is -0.0999. The molecule has 0 spiro atoms. The monoisotopic (exact) mass is 687 g/mol. The molecule has 2 saturated heterocycles. The van der Waals surface area contributed by atoms with E-state index in [1.165, 1.54) is 0 Å². The number of hydrogen-bond donors (Lipinski definition) is 1. The van der Waals surface area contributed by atoms with Crippen LogP contribution in [-0.2, 0) is 20.6 Å². The largest absolute Gasteiger partial charge is 0.448 e. The standard InChI is InChI=1S/C38H49N5O7/c1-37(2,3)50-36(46)41-18-19-42(30(25-41)24-28-12-6-4-7-13-28)34(44)32-33(29-14-8-5-9-15-29)43(27-39-32)31-16-10-11-17-38(31,47)26-48-22-20-40-21-23-49-35(40)45/h4-9,12-15,27,30-31,47H,10-11,16-26H2,1-3H3/t30-,31?,38?/m1/s1. The van der Waals surface area contributed by atoms with Crippen molar-refractivity contribution in [1.82, 2.24) is 24.3 Å². The molecule has 1 N–H and O–H groups in total. The lowest BCUT2D eigenvalue weighted by Gasteiger charge is -2.42. The van der Waals surface area contributed by atoms with Gasteiger partial charge in [0.2, 0.25) is 0 Å². The van der Waals surface area contributed by atoms with Crippen LogP contribution in [0.4, 0.5) is 9.59 Å². The van der Waals surface area contributed by atoms with Crippen molar-refractivity contribution in [2.24, 2.45) is 0 Å². The summed E-state index contributed by atoms with van der Waals surface area (Å²) in [6, 6.07) is 19.0. The summed E-state index contributed by atoms with van der Waals surface area (Å²) in [6.07, 6.45) is 4.48. The van der Waals surface area contributed by atoms with Gasteiger partial charge in [0.05, 0.1) is 43.9 Å². The van der Waals surface area contributed by atoms with Crippen LogP contribution >= 0.6 is 0 Å². The topological polar surface area (TPSA) is 127 Å². The van der Waals surface area contributed by atoms with Crippen LogP contribution in [0.3, 0.4) is 0 Å². The fourth-order valence-corrected chi connectivity index (χ4v) is 7.27. The third kappa shape index (κ3) is 8.13. The number of carbonyl (C=O) groups is 3. The van der Waals surface area contributed by atoms with Crippen LogP contribution in [0.2, 0.25) is 0 Å². The van der Waals surface area contributed by atoms with Crippen molar-refractivity contribution in [3.8, 4) is 11.3 Å². The quantitative estimate of drug-likeness (QED) is 0.290. The van der Waals surface area contributed by atoms with Crippen LogP contribution in [0.25, 0.3) is 11.3 Å². The minimum atomic E-state index is -1.21. The highest BCUT2D eigenvalue weighted by Crippen LogP contribution is 2.41. The van der Waals surface area contributed by atoms with Gasteiger partial charge in [0.25, 0.3) is 5.91 Å². The van der Waals surface area contributed by atoms with Gasteiger partial charge < -0.3 is 38.6 Å². The normalized spacial score (nSPS) is 22.8. The molecule has 6 rings (SSSR count). The number of nitrogens with zero attached hydrogens (tertiary/aromatic N) is 5. The summed E-state index contributed by atoms with van der Waals surface area (Å²) in [5, 5.41) is 12.1. The van der Waals surface area contributed by atoms with Gasteiger partial charge in [-0.3, -0.25) is 4.79 Å². The van der Waals surface area contributed by atoms with Crippen molar-refractivity contribution in [3.63, 3.8) is 0 Å². The summed E-state index contributed by atoms with van der Waals surface area (Å²) in [4.78, 5) is 49.6. The minimum Gasteiger partial charge on any atom is -0.448 e. The first-order chi connectivity index (χ1) is 24.0. The molecule has 2 aliphatic heterocycles.